The number of aryl methyl sites for hydroxylation is 2. The van der Waals surface area contributed by atoms with Crippen LogP contribution in [0.25, 0.3) is 0 Å². The Balaban J connectivity index is 1.86. The molecule has 0 bridgehead atoms. The van der Waals surface area contributed by atoms with Crippen LogP contribution in [-0.2, 0) is 14.1 Å². The Morgan fingerprint density at radius 2 is 1.33 bits per heavy atom. The van der Waals surface area contributed by atoms with E-state index in [1.807, 2.05) is 0 Å². The second-order valence-electron chi connectivity index (χ2n) is 2.40. The van der Waals surface area contributed by atoms with Gasteiger partial charge in [-0.3, -0.25) is 0 Å². The average molecular weight is 262 g/mol. The Hall–Kier alpha value is -0.810. The first kappa shape index (κ1) is 10.7. The van der Waals surface area contributed by atoms with Crippen molar-refractivity contribution in [3.05, 3.63) is 0 Å². The minimum absolute atomic E-state index is 0.739. The van der Waals surface area contributed by atoms with Crippen molar-refractivity contribution in [3.63, 3.8) is 0 Å². The van der Waals surface area contributed by atoms with Crippen LogP contribution >= 0.6 is 31.4 Å². The van der Waals surface area contributed by atoms with Gasteiger partial charge in [0.2, 0.25) is 10.3 Å². The van der Waals surface area contributed by atoms with Crippen LogP contribution in [0.4, 0.5) is 0 Å². The molecule has 8 nitrogen and oxygen atoms in total. The molecule has 0 unspecified atom stereocenters. The van der Waals surface area contributed by atoms with Gasteiger partial charge in [0, 0.05) is 14.1 Å². The highest BCUT2D eigenvalue weighted by molar-refractivity contribution is 9.09. The highest BCUT2D eigenvalue weighted by Gasteiger charge is 2.07. The van der Waals surface area contributed by atoms with Crippen LogP contribution in [0.3, 0.4) is 0 Å². The van der Waals surface area contributed by atoms with Crippen molar-refractivity contribution in [2.45, 2.75) is 10.3 Å². The van der Waals surface area contributed by atoms with Gasteiger partial charge in [-0.05, 0) is 52.3 Å². The molecule has 80 valence electrons. The zero-order valence-electron chi connectivity index (χ0n) is 7.80. The monoisotopic (exact) mass is 262 g/mol. The maximum absolute atomic E-state index is 3.83. The molecule has 0 aliphatic heterocycles. The third kappa shape index (κ3) is 2.60. The maximum atomic E-state index is 3.83. The number of hydrogen-bond donors (Lipinski definition) is 0. The quantitative estimate of drug-likeness (QED) is 0.716. The molecule has 15 heavy (non-hydrogen) atoms. The summed E-state index contributed by atoms with van der Waals surface area (Å²) in [5.41, 5.74) is 0. The summed E-state index contributed by atoms with van der Waals surface area (Å²) in [4.78, 5) is 0. The lowest BCUT2D eigenvalue weighted by Crippen LogP contribution is -1.92. The summed E-state index contributed by atoms with van der Waals surface area (Å²) in [7, 11) is 8.00. The van der Waals surface area contributed by atoms with Crippen LogP contribution in [-0.4, -0.2) is 40.4 Å². The van der Waals surface area contributed by atoms with E-state index in [9.17, 15) is 0 Å². The Morgan fingerprint density at radius 1 is 0.867 bits per heavy atom. The van der Waals surface area contributed by atoms with Crippen molar-refractivity contribution in [2.24, 2.45) is 14.1 Å². The van der Waals surface area contributed by atoms with Gasteiger partial charge in [-0.1, -0.05) is 0 Å². The van der Waals surface area contributed by atoms with Crippen LogP contribution in [0.15, 0.2) is 10.3 Å². The summed E-state index contributed by atoms with van der Waals surface area (Å²) in [5.74, 6) is 0. The molecule has 0 amide bonds. The molecule has 2 heterocycles. The standard InChI is InChI=1S/C4H6N8S3/c1-11-3(5-7-9-11)13-15-14-4-6-8-10-12(4)2/h1-2H3. The van der Waals surface area contributed by atoms with E-state index in [2.05, 4.69) is 31.1 Å². The van der Waals surface area contributed by atoms with Crippen LogP contribution in [0.5, 0.6) is 0 Å². The van der Waals surface area contributed by atoms with Gasteiger partial charge in [-0.25, -0.2) is 9.36 Å². The molecular weight excluding hydrogens is 256 g/mol. The van der Waals surface area contributed by atoms with E-state index in [0.717, 1.165) is 10.3 Å². The summed E-state index contributed by atoms with van der Waals surface area (Å²) in [6, 6.07) is 0. The predicted octanol–water partition coefficient (Wildman–Crippen LogP) is 0.181. The zero-order chi connectivity index (χ0) is 10.7. The van der Waals surface area contributed by atoms with Crippen molar-refractivity contribution in [3.8, 4) is 0 Å². The maximum Gasteiger partial charge on any atom is 0.220 e. The van der Waals surface area contributed by atoms with Gasteiger partial charge < -0.3 is 0 Å². The summed E-state index contributed by atoms with van der Waals surface area (Å²) in [5, 5.41) is 23.6. The second-order valence-corrected chi connectivity index (χ2v) is 6.24. The minimum Gasteiger partial charge on any atom is -0.223 e. The van der Waals surface area contributed by atoms with E-state index >= 15 is 0 Å². The number of tetrazole rings is 2. The topological polar surface area (TPSA) is 87.2 Å². The van der Waals surface area contributed by atoms with E-state index in [-0.39, 0.29) is 0 Å². The first-order valence-corrected chi connectivity index (χ1v) is 7.21. The minimum atomic E-state index is 0.739. The van der Waals surface area contributed by atoms with Crippen molar-refractivity contribution in [1.29, 1.82) is 0 Å². The van der Waals surface area contributed by atoms with Gasteiger partial charge in [-0.15, -0.1) is 10.2 Å². The van der Waals surface area contributed by atoms with Gasteiger partial charge in [0.1, 0.15) is 0 Å². The number of nitrogens with zero attached hydrogens (tertiary/aromatic N) is 8. The number of hydrogen-bond acceptors (Lipinski definition) is 9. The molecule has 0 N–H and O–H groups in total. The molecule has 2 aromatic rings. The molecule has 0 saturated carbocycles. The van der Waals surface area contributed by atoms with Crippen LogP contribution in [0, 0.1) is 0 Å². The molecule has 0 aromatic carbocycles. The van der Waals surface area contributed by atoms with E-state index in [1.165, 1.54) is 31.4 Å². The van der Waals surface area contributed by atoms with Crippen LogP contribution in [0.1, 0.15) is 0 Å². The van der Waals surface area contributed by atoms with Crippen molar-refractivity contribution < 1.29 is 0 Å². The Kier molecular flexibility index (Phi) is 3.43. The van der Waals surface area contributed by atoms with Crippen LogP contribution < -0.4 is 0 Å². The average Bonchev–Trinajstić information content (AvgIpc) is 2.78. The first-order valence-electron chi connectivity index (χ1n) is 3.73. The van der Waals surface area contributed by atoms with Crippen molar-refractivity contribution in [2.75, 3.05) is 0 Å². The smallest absolute Gasteiger partial charge is 0.220 e. The SMILES string of the molecule is Cn1nnnc1SSSc1nnnn1C. The van der Waals surface area contributed by atoms with E-state index in [4.69, 9.17) is 0 Å². The molecule has 0 radical (unpaired) electrons. The molecule has 2 rings (SSSR count). The highest BCUT2D eigenvalue weighted by atomic mass is 33.5. The fourth-order valence-corrected chi connectivity index (χ4v) is 3.96. The van der Waals surface area contributed by atoms with Crippen molar-refractivity contribution in [1.82, 2.24) is 40.4 Å². The summed E-state index contributed by atoms with van der Waals surface area (Å²) in [6.45, 7) is 0. The third-order valence-corrected chi connectivity index (χ3v) is 5.03. The highest BCUT2D eigenvalue weighted by Crippen LogP contribution is 2.41. The van der Waals surface area contributed by atoms with Crippen LogP contribution in [0.2, 0.25) is 0 Å². The molecule has 2 aromatic heterocycles. The Labute approximate surface area is 96.4 Å². The normalized spacial score (nSPS) is 10.8. The molecule has 0 spiro atoms. The first-order chi connectivity index (χ1) is 7.27. The van der Waals surface area contributed by atoms with E-state index < -0.39 is 0 Å². The van der Waals surface area contributed by atoms with Gasteiger partial charge in [-0.2, -0.15) is 0 Å². The fraction of sp³-hybridized carbons (Fsp3) is 0.500. The van der Waals surface area contributed by atoms with E-state index in [1.54, 1.807) is 23.5 Å². The molecule has 0 saturated heterocycles. The number of aromatic nitrogens is 8. The molecular formula is C4H6N8S3. The molecule has 0 aliphatic carbocycles. The van der Waals surface area contributed by atoms with Gasteiger partial charge in [0.05, 0.1) is 0 Å². The molecule has 0 fully saturated rings. The van der Waals surface area contributed by atoms with E-state index in [0.29, 0.717) is 0 Å². The third-order valence-electron chi connectivity index (χ3n) is 1.38. The Bertz CT molecular complexity index is 396. The van der Waals surface area contributed by atoms with Crippen molar-refractivity contribution >= 4 is 31.4 Å². The number of rotatable bonds is 4. The van der Waals surface area contributed by atoms with Gasteiger partial charge in [0.25, 0.3) is 0 Å². The Morgan fingerprint density at radius 3 is 1.67 bits per heavy atom. The molecule has 0 aliphatic rings. The summed E-state index contributed by atoms with van der Waals surface area (Å²) in [6.07, 6.45) is 0. The lowest BCUT2D eigenvalue weighted by molar-refractivity contribution is 0.665. The fourth-order valence-electron chi connectivity index (χ4n) is 0.662. The lowest BCUT2D eigenvalue weighted by atomic mass is 11.2. The molecule has 0 atom stereocenters. The zero-order valence-corrected chi connectivity index (χ0v) is 10.3. The predicted molar refractivity (Wildman–Crippen MR) is 56.9 cm³/mol. The second kappa shape index (κ2) is 4.81. The van der Waals surface area contributed by atoms with Gasteiger partial charge in [0.15, 0.2) is 0 Å². The molecule has 11 heteroatoms. The largest absolute Gasteiger partial charge is 0.223 e. The van der Waals surface area contributed by atoms with Gasteiger partial charge >= 0.3 is 0 Å². The summed E-state index contributed by atoms with van der Waals surface area (Å²) >= 11 is 0. The summed E-state index contributed by atoms with van der Waals surface area (Å²) < 4.78 is 3.21. The lowest BCUT2D eigenvalue weighted by Gasteiger charge is -1.96.